The highest BCUT2D eigenvalue weighted by Gasteiger charge is 2.40. The molecule has 1 heteroatoms. The summed E-state index contributed by atoms with van der Waals surface area (Å²) < 4.78 is 0. The van der Waals surface area contributed by atoms with Gasteiger partial charge in [-0.25, -0.2) is 0 Å². The zero-order chi connectivity index (χ0) is 35.0. The van der Waals surface area contributed by atoms with Crippen LogP contribution in [0.5, 0.6) is 0 Å². The first-order valence-electron chi connectivity index (χ1n) is 18.5. The Labute approximate surface area is 295 Å². The van der Waals surface area contributed by atoms with Gasteiger partial charge in [-0.2, -0.15) is 0 Å². The summed E-state index contributed by atoms with van der Waals surface area (Å²) in [6, 6.07) is 29.5. The van der Waals surface area contributed by atoms with E-state index in [1.54, 1.807) is 5.57 Å². The Morgan fingerprint density at radius 3 is 2.10 bits per heavy atom. The molecule has 49 heavy (non-hydrogen) atoms. The molecule has 250 valence electrons. The quantitative estimate of drug-likeness (QED) is 0.215. The lowest BCUT2D eigenvalue weighted by atomic mass is 9.75. The summed E-state index contributed by atoms with van der Waals surface area (Å²) in [5, 5.41) is 2.33. The molecular weight excluding hydrogens is 591 g/mol. The van der Waals surface area contributed by atoms with Crippen LogP contribution >= 0.6 is 0 Å². The van der Waals surface area contributed by atoms with Crippen molar-refractivity contribution in [1.82, 2.24) is 0 Å². The predicted octanol–water partition coefficient (Wildman–Crippen LogP) is 12.5. The van der Waals surface area contributed by atoms with Crippen molar-refractivity contribution in [3.05, 3.63) is 146 Å². The van der Waals surface area contributed by atoms with Gasteiger partial charge in [-0.15, -0.1) is 0 Å². The number of benzene rings is 4. The van der Waals surface area contributed by atoms with Crippen molar-refractivity contribution in [2.45, 2.75) is 93.4 Å². The van der Waals surface area contributed by atoms with Gasteiger partial charge in [-0.05, 0) is 132 Å². The summed E-state index contributed by atoms with van der Waals surface area (Å²) in [5.74, 6) is 0. The summed E-state index contributed by atoms with van der Waals surface area (Å²) in [5.41, 5.74) is 20.5. The highest BCUT2D eigenvalue weighted by molar-refractivity contribution is 6.00. The SMILES string of the molecule is C=c1cc(C2=CCCC=C2)cc2c1=C(C)N(c1cccc(C3=C(C)C4=C(CC3)C(C)(C)c3ccccc34)c1C)c1ccccc1-2.CC.CC. The lowest BCUT2D eigenvalue weighted by Crippen LogP contribution is -2.36. The normalized spacial score (nSPS) is 16.8. The highest BCUT2D eigenvalue weighted by Crippen LogP contribution is 2.55. The Kier molecular flexibility index (Phi) is 9.58. The van der Waals surface area contributed by atoms with Gasteiger partial charge < -0.3 is 4.90 Å². The van der Waals surface area contributed by atoms with E-state index in [0.29, 0.717) is 0 Å². The van der Waals surface area contributed by atoms with Crippen LogP contribution in [-0.2, 0) is 5.41 Å². The van der Waals surface area contributed by atoms with Crippen molar-refractivity contribution in [3.63, 3.8) is 0 Å². The molecule has 0 aromatic heterocycles. The molecule has 1 aliphatic heterocycles. The molecule has 1 nitrogen and oxygen atoms in total. The van der Waals surface area contributed by atoms with Gasteiger partial charge in [-0.1, -0.05) is 127 Å². The number of anilines is 2. The average molecular weight is 644 g/mol. The summed E-state index contributed by atoms with van der Waals surface area (Å²) in [6.45, 7) is 24.4. The first-order chi connectivity index (χ1) is 23.8. The summed E-state index contributed by atoms with van der Waals surface area (Å²) >= 11 is 0. The molecule has 0 atom stereocenters. The van der Waals surface area contributed by atoms with E-state index in [0.717, 1.165) is 30.9 Å². The van der Waals surface area contributed by atoms with Crippen LogP contribution in [0.3, 0.4) is 0 Å². The number of rotatable bonds is 3. The third-order valence-electron chi connectivity index (χ3n) is 10.9. The Morgan fingerprint density at radius 2 is 1.37 bits per heavy atom. The van der Waals surface area contributed by atoms with Gasteiger partial charge in [0.25, 0.3) is 0 Å². The molecule has 0 fully saturated rings. The fourth-order valence-corrected chi connectivity index (χ4v) is 8.70. The molecule has 0 saturated heterocycles. The van der Waals surface area contributed by atoms with Crippen LogP contribution in [-0.4, -0.2) is 0 Å². The third kappa shape index (κ3) is 5.48. The molecule has 0 N–H and O–H groups in total. The summed E-state index contributed by atoms with van der Waals surface area (Å²) in [6.07, 6.45) is 11.3. The van der Waals surface area contributed by atoms with Crippen molar-refractivity contribution in [2.75, 3.05) is 4.90 Å². The summed E-state index contributed by atoms with van der Waals surface area (Å²) in [4.78, 5) is 2.49. The fourth-order valence-electron chi connectivity index (χ4n) is 8.70. The minimum absolute atomic E-state index is 0.0855. The smallest absolute Gasteiger partial charge is 0.0537 e. The Bertz CT molecular complexity index is 2180. The number of hydrogen-bond acceptors (Lipinski definition) is 1. The first-order valence-corrected chi connectivity index (χ1v) is 18.5. The van der Waals surface area contributed by atoms with Crippen LogP contribution in [0.4, 0.5) is 11.4 Å². The molecule has 1 heterocycles. The second kappa shape index (κ2) is 13.7. The molecule has 3 aliphatic carbocycles. The molecule has 4 aromatic rings. The van der Waals surface area contributed by atoms with E-state index in [2.05, 4.69) is 143 Å². The predicted molar refractivity (Wildman–Crippen MR) is 216 cm³/mol. The molecule has 0 spiro atoms. The third-order valence-corrected chi connectivity index (χ3v) is 10.9. The maximum Gasteiger partial charge on any atom is 0.0537 e. The standard InChI is InChI=1S/C44H41N.2C2H6/c1-27-25-32(31-15-8-7-9-16-31)26-37-35-17-11-13-21-41(35)45(30(4)42(27)37)40-22-14-19-33(28(40)2)34-23-24-39-43(29(34)3)36-18-10-12-20-38(36)44(39,5)6;2*1-2/h8,10-22,25-26H,1,7,9,23-24H2,2-6H3;2*1-2H3. The van der Waals surface area contributed by atoms with Crippen molar-refractivity contribution in [1.29, 1.82) is 0 Å². The first kappa shape index (κ1) is 34.3. The Morgan fingerprint density at radius 1 is 0.694 bits per heavy atom. The molecule has 4 aliphatic rings. The van der Waals surface area contributed by atoms with Crippen LogP contribution < -0.4 is 15.3 Å². The van der Waals surface area contributed by atoms with Crippen molar-refractivity contribution < 1.29 is 0 Å². The largest absolute Gasteiger partial charge is 0.313 e. The zero-order valence-electron chi connectivity index (χ0n) is 31.2. The monoisotopic (exact) mass is 643 g/mol. The van der Waals surface area contributed by atoms with E-state index in [9.17, 15) is 0 Å². The second-order valence-corrected chi connectivity index (χ2v) is 13.7. The van der Waals surface area contributed by atoms with E-state index in [4.69, 9.17) is 0 Å². The van der Waals surface area contributed by atoms with Crippen LogP contribution in [0, 0.1) is 6.92 Å². The van der Waals surface area contributed by atoms with Crippen LogP contribution in [0.25, 0.3) is 40.1 Å². The van der Waals surface area contributed by atoms with E-state index in [1.165, 1.54) is 83.5 Å². The molecule has 0 unspecified atom stereocenters. The average Bonchev–Trinajstić information content (AvgIpc) is 3.38. The number of nitrogens with zero attached hydrogens (tertiary/aromatic N) is 1. The molecular formula is C48H53N. The minimum atomic E-state index is 0.0855. The van der Waals surface area contributed by atoms with Crippen LogP contribution in [0.1, 0.15) is 109 Å². The topological polar surface area (TPSA) is 3.24 Å². The van der Waals surface area contributed by atoms with Gasteiger partial charge in [-0.3, -0.25) is 0 Å². The van der Waals surface area contributed by atoms with Gasteiger partial charge >= 0.3 is 0 Å². The van der Waals surface area contributed by atoms with Crippen molar-refractivity contribution >= 4 is 40.4 Å². The van der Waals surface area contributed by atoms with Gasteiger partial charge in [0, 0.05) is 27.6 Å². The zero-order valence-corrected chi connectivity index (χ0v) is 31.2. The van der Waals surface area contributed by atoms with Crippen molar-refractivity contribution in [3.8, 4) is 11.1 Å². The lowest BCUT2D eigenvalue weighted by molar-refractivity contribution is 0.608. The highest BCUT2D eigenvalue weighted by atomic mass is 15.2. The molecule has 0 radical (unpaired) electrons. The van der Waals surface area contributed by atoms with E-state index < -0.39 is 0 Å². The maximum absolute atomic E-state index is 4.61. The van der Waals surface area contributed by atoms with Gasteiger partial charge in [0.15, 0.2) is 0 Å². The summed E-state index contributed by atoms with van der Waals surface area (Å²) in [7, 11) is 0. The van der Waals surface area contributed by atoms with E-state index in [1.807, 2.05) is 27.7 Å². The number of para-hydroxylation sites is 1. The van der Waals surface area contributed by atoms with Gasteiger partial charge in [0.05, 0.1) is 5.69 Å². The van der Waals surface area contributed by atoms with Crippen LogP contribution in [0.2, 0.25) is 0 Å². The second-order valence-electron chi connectivity index (χ2n) is 13.7. The van der Waals surface area contributed by atoms with Crippen molar-refractivity contribution in [2.24, 2.45) is 0 Å². The Hall–Kier alpha value is -4.62. The molecule has 0 saturated carbocycles. The number of fused-ring (bicyclic) bond motifs is 5. The van der Waals surface area contributed by atoms with E-state index >= 15 is 0 Å². The van der Waals surface area contributed by atoms with Gasteiger partial charge in [0.2, 0.25) is 0 Å². The molecule has 0 amide bonds. The van der Waals surface area contributed by atoms with Gasteiger partial charge in [0.1, 0.15) is 0 Å². The number of allylic oxidation sites excluding steroid dienone is 8. The Balaban J connectivity index is 0.00000101. The maximum atomic E-state index is 4.61. The fraction of sp³-hybridized carbons (Fsp3) is 0.292. The number of hydrogen-bond donors (Lipinski definition) is 0. The van der Waals surface area contributed by atoms with E-state index in [-0.39, 0.29) is 5.41 Å². The van der Waals surface area contributed by atoms with Crippen LogP contribution in [0.15, 0.2) is 108 Å². The minimum Gasteiger partial charge on any atom is -0.313 e. The lowest BCUT2D eigenvalue weighted by Gasteiger charge is -2.35. The molecule has 0 bridgehead atoms. The molecule has 8 rings (SSSR count). The molecule has 4 aromatic carbocycles.